The molecule has 0 bridgehead atoms. The summed E-state index contributed by atoms with van der Waals surface area (Å²) in [5.41, 5.74) is 1.00. The van der Waals surface area contributed by atoms with Gasteiger partial charge in [-0.2, -0.15) is 0 Å². The number of carboxylic acids is 1. The first kappa shape index (κ1) is 24.8. The normalized spacial score (nSPS) is 12.0. The van der Waals surface area contributed by atoms with Crippen molar-refractivity contribution in [1.82, 2.24) is 5.32 Å². The fourth-order valence-corrected chi connectivity index (χ4v) is 3.57. The summed E-state index contributed by atoms with van der Waals surface area (Å²) in [7, 11) is 1.25. The third-order valence-electron chi connectivity index (χ3n) is 4.60. The smallest absolute Gasteiger partial charge is 0.326 e. The van der Waals surface area contributed by atoms with Gasteiger partial charge in [0.25, 0.3) is 11.8 Å². The van der Waals surface area contributed by atoms with Crippen LogP contribution in [0.2, 0.25) is 10.0 Å². The number of amides is 2. The van der Waals surface area contributed by atoms with Gasteiger partial charge >= 0.3 is 5.97 Å². The number of nitrogens with one attached hydrogen (secondary N) is 2. The zero-order valence-corrected chi connectivity index (χ0v) is 19.3. The van der Waals surface area contributed by atoms with Crippen LogP contribution in [-0.4, -0.2) is 41.8 Å². The lowest BCUT2D eigenvalue weighted by molar-refractivity contribution is -0.141. The monoisotopic (exact) mass is 503 g/mol. The molecule has 2 amide bonds. The molecule has 0 unspecified atom stereocenters. The van der Waals surface area contributed by atoms with E-state index in [4.69, 9.17) is 27.6 Å². The number of carbonyl (C=O) groups excluding carboxylic acids is 2. The van der Waals surface area contributed by atoms with Crippen LogP contribution in [0.4, 0.5) is 5.69 Å². The molecule has 1 heterocycles. The van der Waals surface area contributed by atoms with Gasteiger partial charge < -0.3 is 25.0 Å². The molecule has 0 radical (unpaired) electrons. The molecule has 3 N–H and O–H groups in total. The number of aliphatic carboxylic acids is 1. The molecular formula is C23H19Cl2N3O6. The van der Waals surface area contributed by atoms with Crippen molar-refractivity contribution in [2.75, 3.05) is 12.4 Å². The topological polar surface area (TPSA) is 130 Å². The molecule has 34 heavy (non-hydrogen) atoms. The number of oxime groups is 1. The second-order valence-electron chi connectivity index (χ2n) is 6.92. The SMILES string of the molecule is CON=C(C(=O)N[C@@H](Cc1ccc(NC(=O)c2c(Cl)cccc2Cl)cc1)C(=O)O)c1ccco1. The first-order valence-corrected chi connectivity index (χ1v) is 10.6. The van der Waals surface area contributed by atoms with E-state index in [1.165, 1.54) is 19.4 Å². The van der Waals surface area contributed by atoms with Crippen molar-refractivity contribution >= 4 is 52.4 Å². The van der Waals surface area contributed by atoms with Crippen LogP contribution < -0.4 is 10.6 Å². The van der Waals surface area contributed by atoms with Gasteiger partial charge in [0.2, 0.25) is 5.71 Å². The average Bonchev–Trinajstić information content (AvgIpc) is 3.32. The first-order chi connectivity index (χ1) is 16.3. The number of furan rings is 1. The average molecular weight is 504 g/mol. The van der Waals surface area contributed by atoms with Crippen LogP contribution in [0.3, 0.4) is 0 Å². The van der Waals surface area contributed by atoms with Gasteiger partial charge in [-0.1, -0.05) is 46.6 Å². The van der Waals surface area contributed by atoms with Crippen molar-refractivity contribution < 1.29 is 28.7 Å². The highest BCUT2D eigenvalue weighted by Crippen LogP contribution is 2.25. The molecule has 9 nitrogen and oxygen atoms in total. The van der Waals surface area contributed by atoms with E-state index in [0.29, 0.717) is 11.3 Å². The lowest BCUT2D eigenvalue weighted by Gasteiger charge is -2.15. The molecule has 0 aliphatic heterocycles. The van der Waals surface area contributed by atoms with E-state index in [9.17, 15) is 19.5 Å². The number of benzene rings is 2. The predicted molar refractivity (Wildman–Crippen MR) is 126 cm³/mol. The number of halogens is 2. The maximum absolute atomic E-state index is 12.6. The Balaban J connectivity index is 1.68. The van der Waals surface area contributed by atoms with Gasteiger partial charge in [-0.05, 0) is 42.0 Å². The van der Waals surface area contributed by atoms with Gasteiger partial charge in [-0.25, -0.2) is 4.79 Å². The van der Waals surface area contributed by atoms with Gasteiger partial charge in [-0.15, -0.1) is 0 Å². The molecule has 3 aromatic rings. The maximum atomic E-state index is 12.6. The fourth-order valence-electron chi connectivity index (χ4n) is 3.00. The first-order valence-electron chi connectivity index (χ1n) is 9.83. The molecular weight excluding hydrogens is 485 g/mol. The van der Waals surface area contributed by atoms with E-state index in [0.717, 1.165) is 0 Å². The quantitative estimate of drug-likeness (QED) is 0.298. The second-order valence-corrected chi connectivity index (χ2v) is 7.73. The predicted octanol–water partition coefficient (Wildman–Crippen LogP) is 4.00. The highest BCUT2D eigenvalue weighted by molar-refractivity contribution is 6.44. The summed E-state index contributed by atoms with van der Waals surface area (Å²) in [5.74, 6) is -2.37. The van der Waals surface area contributed by atoms with Crippen LogP contribution in [0.25, 0.3) is 0 Å². The number of hydrogen-bond acceptors (Lipinski definition) is 6. The van der Waals surface area contributed by atoms with Crippen molar-refractivity contribution in [3.8, 4) is 0 Å². The molecule has 0 aliphatic carbocycles. The van der Waals surface area contributed by atoms with E-state index in [1.807, 2.05) is 0 Å². The number of carbonyl (C=O) groups is 3. The Morgan fingerprint density at radius 1 is 1.06 bits per heavy atom. The van der Waals surface area contributed by atoms with Crippen LogP contribution in [0.1, 0.15) is 21.7 Å². The third kappa shape index (κ3) is 6.15. The summed E-state index contributed by atoms with van der Waals surface area (Å²) in [6.45, 7) is 0. The summed E-state index contributed by atoms with van der Waals surface area (Å²) >= 11 is 12.1. The zero-order valence-electron chi connectivity index (χ0n) is 17.7. The molecule has 176 valence electrons. The minimum Gasteiger partial charge on any atom is -0.480 e. The summed E-state index contributed by atoms with van der Waals surface area (Å²) in [6, 6.07) is 13.0. The van der Waals surface area contributed by atoms with Gasteiger partial charge in [0.05, 0.1) is 21.9 Å². The summed E-state index contributed by atoms with van der Waals surface area (Å²) in [5, 5.41) is 18.7. The molecule has 11 heteroatoms. The fraction of sp³-hybridized carbons (Fsp3) is 0.130. The summed E-state index contributed by atoms with van der Waals surface area (Å²) < 4.78 is 5.15. The van der Waals surface area contributed by atoms with Gasteiger partial charge in [-0.3, -0.25) is 9.59 Å². The molecule has 0 saturated carbocycles. The van der Waals surface area contributed by atoms with Crippen LogP contribution in [0, 0.1) is 0 Å². The molecule has 0 saturated heterocycles. The van der Waals surface area contributed by atoms with E-state index >= 15 is 0 Å². The molecule has 0 spiro atoms. The Labute approximate surface area is 204 Å². The standard InChI is InChI=1S/C23H19Cl2N3O6/c1-33-28-20(18-6-3-11-34-18)22(30)27-17(23(31)32)12-13-7-9-14(10-8-13)26-21(29)19-15(24)4-2-5-16(19)25/h2-11,17H,12H2,1H3,(H,26,29)(H,27,30)(H,31,32)/t17-/m0/s1. The van der Waals surface area contributed by atoms with Crippen LogP contribution in [0.15, 0.2) is 70.4 Å². The van der Waals surface area contributed by atoms with Gasteiger partial charge in [0.15, 0.2) is 5.76 Å². The second kappa shape index (κ2) is 11.4. The lowest BCUT2D eigenvalue weighted by atomic mass is 10.0. The Morgan fingerprint density at radius 3 is 2.29 bits per heavy atom. The number of nitrogens with zero attached hydrogens (tertiary/aromatic N) is 1. The third-order valence-corrected chi connectivity index (χ3v) is 5.23. The Kier molecular flexibility index (Phi) is 8.29. The summed E-state index contributed by atoms with van der Waals surface area (Å²) in [4.78, 5) is 41.5. The van der Waals surface area contributed by atoms with Crippen LogP contribution in [0.5, 0.6) is 0 Å². The highest BCUT2D eigenvalue weighted by Gasteiger charge is 2.26. The molecule has 1 aromatic heterocycles. The minimum atomic E-state index is -1.26. The van der Waals surface area contributed by atoms with E-state index < -0.39 is 23.8 Å². The van der Waals surface area contributed by atoms with Crippen molar-refractivity contribution in [3.63, 3.8) is 0 Å². The number of anilines is 1. The molecule has 0 aliphatic rings. The van der Waals surface area contributed by atoms with Gasteiger partial charge in [0.1, 0.15) is 13.2 Å². The van der Waals surface area contributed by atoms with E-state index in [1.54, 1.807) is 48.5 Å². The lowest BCUT2D eigenvalue weighted by Crippen LogP contribution is -2.45. The Hall–Kier alpha value is -3.82. The minimum absolute atomic E-state index is 0.0238. The van der Waals surface area contributed by atoms with Crippen molar-refractivity contribution in [3.05, 3.63) is 87.8 Å². The zero-order chi connectivity index (χ0) is 24.7. The highest BCUT2D eigenvalue weighted by atomic mass is 35.5. The number of carboxylic acid groups (broad SMARTS) is 1. The van der Waals surface area contributed by atoms with Crippen molar-refractivity contribution in [1.29, 1.82) is 0 Å². The largest absolute Gasteiger partial charge is 0.480 e. The van der Waals surface area contributed by atoms with E-state index in [-0.39, 0.29) is 33.5 Å². The maximum Gasteiger partial charge on any atom is 0.326 e. The summed E-state index contributed by atoms with van der Waals surface area (Å²) in [6.07, 6.45) is 1.33. The molecule has 1 atom stereocenters. The van der Waals surface area contributed by atoms with Crippen molar-refractivity contribution in [2.24, 2.45) is 5.16 Å². The van der Waals surface area contributed by atoms with E-state index in [2.05, 4.69) is 20.6 Å². The number of rotatable bonds is 9. The molecule has 3 rings (SSSR count). The molecule has 2 aromatic carbocycles. The molecule has 0 fully saturated rings. The Morgan fingerprint density at radius 2 is 1.74 bits per heavy atom. The Bertz CT molecular complexity index is 1190. The van der Waals surface area contributed by atoms with Crippen LogP contribution >= 0.6 is 23.2 Å². The van der Waals surface area contributed by atoms with Crippen molar-refractivity contribution in [2.45, 2.75) is 12.5 Å². The number of hydrogen-bond donors (Lipinski definition) is 3. The van der Waals surface area contributed by atoms with Crippen LogP contribution in [-0.2, 0) is 20.8 Å². The van der Waals surface area contributed by atoms with Gasteiger partial charge in [0, 0.05) is 12.1 Å².